The molecule has 2 aromatic heterocycles. The molecule has 4 aromatic rings. The molecule has 1 fully saturated rings. The second-order valence-corrected chi connectivity index (χ2v) is 8.41. The van der Waals surface area contributed by atoms with Crippen LogP contribution in [0.4, 0.5) is 17.2 Å². The molecule has 29 heavy (non-hydrogen) atoms. The Kier molecular flexibility index (Phi) is 4.87. The minimum Gasteiger partial charge on any atom is -0.368 e. The fourth-order valence-electron chi connectivity index (χ4n) is 3.86. The average Bonchev–Trinajstić information content (AvgIpc) is 3.20. The van der Waals surface area contributed by atoms with Gasteiger partial charge in [0, 0.05) is 30.9 Å². The number of hydrogen-bond acceptors (Lipinski definition) is 6. The van der Waals surface area contributed by atoms with Gasteiger partial charge in [0.05, 0.1) is 16.1 Å². The maximum atomic E-state index is 6.21. The van der Waals surface area contributed by atoms with E-state index in [2.05, 4.69) is 45.5 Å². The summed E-state index contributed by atoms with van der Waals surface area (Å²) in [6, 6.07) is 20.9. The second-order valence-electron chi connectivity index (χ2n) is 7.38. The van der Waals surface area contributed by atoms with Gasteiger partial charge in [-0.3, -0.25) is 0 Å². The first-order valence-corrected chi connectivity index (χ1v) is 10.8. The van der Waals surface area contributed by atoms with Crippen LogP contribution in [0, 0.1) is 0 Å². The highest BCUT2D eigenvalue weighted by atomic mass is 32.1. The predicted octanol–water partition coefficient (Wildman–Crippen LogP) is 5.03. The number of nitrogens with one attached hydrogen (secondary N) is 1. The largest absolute Gasteiger partial charge is 0.368 e. The Morgan fingerprint density at radius 3 is 2.72 bits per heavy atom. The Labute approximate surface area is 174 Å². The van der Waals surface area contributed by atoms with E-state index in [0.29, 0.717) is 0 Å². The molecule has 1 aliphatic heterocycles. The van der Waals surface area contributed by atoms with Gasteiger partial charge >= 0.3 is 0 Å². The van der Waals surface area contributed by atoms with Gasteiger partial charge in [0.25, 0.3) is 0 Å². The van der Waals surface area contributed by atoms with Crippen LogP contribution in [0.1, 0.15) is 12.8 Å². The number of rotatable bonds is 4. The molecule has 1 saturated heterocycles. The topological polar surface area (TPSA) is 67.1 Å². The highest BCUT2D eigenvalue weighted by molar-refractivity contribution is 7.21. The van der Waals surface area contributed by atoms with Crippen molar-refractivity contribution in [2.24, 2.45) is 5.73 Å². The first kappa shape index (κ1) is 18.1. The molecule has 3 heterocycles. The molecule has 1 atom stereocenters. The quantitative estimate of drug-likeness (QED) is 0.502. The normalized spacial score (nSPS) is 16.9. The zero-order chi connectivity index (χ0) is 19.6. The molecule has 0 unspecified atom stereocenters. The van der Waals surface area contributed by atoms with Crippen LogP contribution in [0.25, 0.3) is 20.8 Å². The number of thiazole rings is 1. The molecular weight excluding hydrogens is 378 g/mol. The Bertz CT molecular complexity index is 1120. The van der Waals surface area contributed by atoms with Crippen molar-refractivity contribution in [3.8, 4) is 10.6 Å². The van der Waals surface area contributed by atoms with E-state index in [4.69, 9.17) is 10.7 Å². The zero-order valence-electron chi connectivity index (χ0n) is 16.1. The second kappa shape index (κ2) is 7.81. The number of fused-ring (bicyclic) bond motifs is 1. The first-order valence-electron chi connectivity index (χ1n) is 9.95. The van der Waals surface area contributed by atoms with E-state index in [1.807, 2.05) is 36.5 Å². The van der Waals surface area contributed by atoms with E-state index >= 15 is 0 Å². The number of para-hydroxylation sites is 2. The summed E-state index contributed by atoms with van der Waals surface area (Å²) in [4.78, 5) is 11.9. The maximum absolute atomic E-state index is 6.21. The van der Waals surface area contributed by atoms with Gasteiger partial charge in [-0.05, 0) is 31.0 Å². The Morgan fingerprint density at radius 2 is 1.86 bits per heavy atom. The Hall–Kier alpha value is -2.96. The third-order valence-electron chi connectivity index (χ3n) is 5.28. The van der Waals surface area contributed by atoms with Gasteiger partial charge in [-0.2, -0.15) is 0 Å². The minimum absolute atomic E-state index is 0.227. The predicted molar refractivity (Wildman–Crippen MR) is 122 cm³/mol. The van der Waals surface area contributed by atoms with E-state index in [-0.39, 0.29) is 6.04 Å². The molecule has 146 valence electrons. The van der Waals surface area contributed by atoms with E-state index in [9.17, 15) is 0 Å². The van der Waals surface area contributed by atoms with Crippen LogP contribution in [0.15, 0.2) is 66.9 Å². The van der Waals surface area contributed by atoms with Crippen LogP contribution in [0.2, 0.25) is 0 Å². The number of aromatic nitrogens is 2. The van der Waals surface area contributed by atoms with Gasteiger partial charge in [-0.15, -0.1) is 11.3 Å². The lowest BCUT2D eigenvalue weighted by atomic mass is 10.1. The summed E-state index contributed by atoms with van der Waals surface area (Å²) >= 11 is 1.69. The molecule has 0 amide bonds. The minimum atomic E-state index is 0.227. The van der Waals surface area contributed by atoms with Crippen molar-refractivity contribution in [2.45, 2.75) is 18.9 Å². The lowest BCUT2D eigenvalue weighted by molar-refractivity contribution is 0.506. The van der Waals surface area contributed by atoms with Gasteiger partial charge in [-0.25, -0.2) is 9.97 Å². The summed E-state index contributed by atoms with van der Waals surface area (Å²) in [5, 5.41) is 4.55. The van der Waals surface area contributed by atoms with Crippen LogP contribution >= 0.6 is 11.3 Å². The van der Waals surface area contributed by atoms with E-state index in [1.165, 1.54) is 5.69 Å². The SMILES string of the molecule is N[C@H]1CCCN(c2ccccc2Nc2nccc3sc(-c4ccccc4)nc23)C1. The van der Waals surface area contributed by atoms with Gasteiger partial charge in [0.2, 0.25) is 0 Å². The number of benzene rings is 2. The van der Waals surface area contributed by atoms with Gasteiger partial charge in [-0.1, -0.05) is 42.5 Å². The van der Waals surface area contributed by atoms with Crippen LogP contribution in [-0.4, -0.2) is 29.1 Å². The standard InChI is InChI=1S/C23H23N5S/c24-17-9-6-14-28(15-17)19-11-5-4-10-18(19)26-22-21-20(12-13-25-22)29-23(27-21)16-7-2-1-3-8-16/h1-5,7-8,10-13,17H,6,9,14-15,24H2,(H,25,26)/t17-/m0/s1. The summed E-state index contributed by atoms with van der Waals surface area (Å²) in [6.45, 7) is 1.91. The average molecular weight is 402 g/mol. The van der Waals surface area contributed by atoms with Crippen molar-refractivity contribution in [1.82, 2.24) is 9.97 Å². The maximum Gasteiger partial charge on any atom is 0.157 e. The molecule has 2 aromatic carbocycles. The van der Waals surface area contributed by atoms with Crippen molar-refractivity contribution in [3.63, 3.8) is 0 Å². The fraction of sp³-hybridized carbons (Fsp3) is 0.217. The number of anilines is 3. The Balaban J connectivity index is 1.51. The van der Waals surface area contributed by atoms with Gasteiger partial charge < -0.3 is 16.0 Å². The molecular formula is C23H23N5S. The van der Waals surface area contributed by atoms with Crippen LogP contribution in [0.3, 0.4) is 0 Å². The van der Waals surface area contributed by atoms with Crippen LogP contribution in [0.5, 0.6) is 0 Å². The fourth-order valence-corrected chi connectivity index (χ4v) is 4.83. The highest BCUT2D eigenvalue weighted by Crippen LogP contribution is 2.36. The molecule has 0 aliphatic carbocycles. The lowest BCUT2D eigenvalue weighted by Gasteiger charge is -2.34. The number of piperidine rings is 1. The van der Waals surface area contributed by atoms with Crippen molar-refractivity contribution in [1.29, 1.82) is 0 Å². The van der Waals surface area contributed by atoms with Crippen molar-refractivity contribution < 1.29 is 0 Å². The number of nitrogens with zero attached hydrogens (tertiary/aromatic N) is 3. The molecule has 0 bridgehead atoms. The first-order chi connectivity index (χ1) is 14.3. The molecule has 6 heteroatoms. The lowest BCUT2D eigenvalue weighted by Crippen LogP contribution is -2.43. The summed E-state index contributed by atoms with van der Waals surface area (Å²) in [6.07, 6.45) is 4.06. The summed E-state index contributed by atoms with van der Waals surface area (Å²) in [5.41, 5.74) is 10.5. The smallest absolute Gasteiger partial charge is 0.157 e. The summed E-state index contributed by atoms with van der Waals surface area (Å²) in [7, 11) is 0. The Morgan fingerprint density at radius 1 is 1.03 bits per heavy atom. The third-order valence-corrected chi connectivity index (χ3v) is 6.35. The number of nitrogens with two attached hydrogens (primary N) is 1. The number of pyridine rings is 1. The molecule has 0 spiro atoms. The van der Waals surface area contributed by atoms with Crippen molar-refractivity contribution in [2.75, 3.05) is 23.3 Å². The van der Waals surface area contributed by atoms with Crippen molar-refractivity contribution in [3.05, 3.63) is 66.9 Å². The highest BCUT2D eigenvalue weighted by Gasteiger charge is 2.20. The van der Waals surface area contributed by atoms with E-state index < -0.39 is 0 Å². The molecule has 5 nitrogen and oxygen atoms in total. The van der Waals surface area contributed by atoms with Crippen LogP contribution in [-0.2, 0) is 0 Å². The number of hydrogen-bond donors (Lipinski definition) is 2. The third kappa shape index (κ3) is 3.69. The molecule has 0 saturated carbocycles. The van der Waals surface area contributed by atoms with Gasteiger partial charge in [0.15, 0.2) is 5.82 Å². The molecule has 3 N–H and O–H groups in total. The van der Waals surface area contributed by atoms with E-state index in [1.54, 1.807) is 11.3 Å². The van der Waals surface area contributed by atoms with Gasteiger partial charge in [0.1, 0.15) is 10.5 Å². The van der Waals surface area contributed by atoms with E-state index in [0.717, 1.165) is 58.2 Å². The monoisotopic (exact) mass is 401 g/mol. The zero-order valence-corrected chi connectivity index (χ0v) is 16.9. The molecule has 0 radical (unpaired) electrons. The molecule has 1 aliphatic rings. The summed E-state index contributed by atoms with van der Waals surface area (Å²) < 4.78 is 1.12. The summed E-state index contributed by atoms with van der Waals surface area (Å²) in [5.74, 6) is 0.787. The van der Waals surface area contributed by atoms with Crippen molar-refractivity contribution >= 4 is 38.7 Å². The van der Waals surface area contributed by atoms with Crippen LogP contribution < -0.4 is 16.0 Å². The molecule has 5 rings (SSSR count).